The average Bonchev–Trinajstić information content (AvgIpc) is 2.41. The summed E-state index contributed by atoms with van der Waals surface area (Å²) in [7, 11) is 4.10. The van der Waals surface area contributed by atoms with E-state index in [1.165, 1.54) is 0 Å². The van der Waals surface area contributed by atoms with Gasteiger partial charge in [0.25, 0.3) is 0 Å². The maximum absolute atomic E-state index is 5.56. The van der Waals surface area contributed by atoms with Gasteiger partial charge >= 0.3 is 0 Å². The van der Waals surface area contributed by atoms with E-state index in [4.69, 9.17) is 21.7 Å². The average molecular weight is 281 g/mol. The van der Waals surface area contributed by atoms with Crippen molar-refractivity contribution in [1.82, 2.24) is 4.90 Å². The highest BCUT2D eigenvalue weighted by Gasteiger charge is 2.03. The predicted octanol–water partition coefficient (Wildman–Crippen LogP) is 3.12. The Morgan fingerprint density at radius 3 is 2.42 bits per heavy atom. The Kier molecular flexibility index (Phi) is 7.45. The van der Waals surface area contributed by atoms with E-state index in [0.29, 0.717) is 11.7 Å². The van der Waals surface area contributed by atoms with Crippen LogP contribution >= 0.6 is 12.2 Å². The van der Waals surface area contributed by atoms with Gasteiger partial charge in [-0.1, -0.05) is 6.92 Å². The Morgan fingerprint density at radius 1 is 1.16 bits per heavy atom. The second kappa shape index (κ2) is 8.88. The Labute approximate surface area is 121 Å². The van der Waals surface area contributed by atoms with Crippen LogP contribution in [0, 0.1) is 0 Å². The molecule has 3 nitrogen and oxygen atoms in total. The van der Waals surface area contributed by atoms with Crippen molar-refractivity contribution < 1.29 is 9.47 Å². The van der Waals surface area contributed by atoms with Gasteiger partial charge in [0.1, 0.15) is 5.75 Å². The number of nitrogens with zero attached hydrogens (tertiary/aromatic N) is 1. The zero-order chi connectivity index (χ0) is 14.1. The predicted molar refractivity (Wildman–Crippen MR) is 83.1 cm³/mol. The van der Waals surface area contributed by atoms with E-state index in [1.54, 1.807) is 0 Å². The summed E-state index contributed by atoms with van der Waals surface area (Å²) in [6.07, 6.45) is 1.99. The van der Waals surface area contributed by atoms with Crippen LogP contribution in [0.15, 0.2) is 24.3 Å². The topological polar surface area (TPSA) is 21.7 Å². The first-order chi connectivity index (χ1) is 9.13. The molecule has 1 aromatic rings. The zero-order valence-electron chi connectivity index (χ0n) is 12.0. The lowest BCUT2D eigenvalue weighted by molar-refractivity contribution is 0.278. The first kappa shape index (κ1) is 15.9. The maximum atomic E-state index is 5.56. The second-order valence-electron chi connectivity index (χ2n) is 4.67. The van der Waals surface area contributed by atoms with Gasteiger partial charge in [-0.15, -0.1) is 0 Å². The first-order valence-corrected chi connectivity index (χ1v) is 7.09. The zero-order valence-corrected chi connectivity index (χ0v) is 12.8. The van der Waals surface area contributed by atoms with Gasteiger partial charge in [-0.05, 0) is 63.4 Å². The van der Waals surface area contributed by atoms with E-state index in [1.807, 2.05) is 38.4 Å². The number of thiocarbonyl (C=S) groups is 1. The molecule has 0 aliphatic heterocycles. The highest BCUT2D eigenvalue weighted by atomic mass is 32.1. The van der Waals surface area contributed by atoms with Gasteiger partial charge in [0.15, 0.2) is 5.05 Å². The van der Waals surface area contributed by atoms with Crippen LogP contribution in [-0.4, -0.2) is 43.8 Å². The van der Waals surface area contributed by atoms with Gasteiger partial charge in [-0.2, -0.15) is 0 Å². The van der Waals surface area contributed by atoms with Crippen molar-refractivity contribution >= 4 is 17.3 Å². The van der Waals surface area contributed by atoms with Gasteiger partial charge in [0, 0.05) is 12.1 Å². The number of hydrogen-bond acceptors (Lipinski definition) is 4. The van der Waals surface area contributed by atoms with E-state index < -0.39 is 0 Å². The minimum absolute atomic E-state index is 0.556. The van der Waals surface area contributed by atoms with Crippen molar-refractivity contribution in [2.75, 3.05) is 33.9 Å². The van der Waals surface area contributed by atoms with Crippen molar-refractivity contribution in [2.24, 2.45) is 0 Å². The summed E-state index contributed by atoms with van der Waals surface area (Å²) >= 11 is 5.25. The van der Waals surface area contributed by atoms with E-state index in [2.05, 4.69) is 11.8 Å². The third kappa shape index (κ3) is 6.55. The van der Waals surface area contributed by atoms with Crippen LogP contribution in [0.3, 0.4) is 0 Å². The molecule has 0 heterocycles. The molecule has 4 heteroatoms. The smallest absolute Gasteiger partial charge is 0.191 e. The summed E-state index contributed by atoms with van der Waals surface area (Å²) in [5.74, 6) is 0.876. The van der Waals surface area contributed by atoms with Gasteiger partial charge in [0.2, 0.25) is 0 Å². The number of hydrogen-bond donors (Lipinski definition) is 0. The molecule has 0 atom stereocenters. The van der Waals surface area contributed by atoms with Crippen molar-refractivity contribution in [1.29, 1.82) is 0 Å². The van der Waals surface area contributed by atoms with Gasteiger partial charge in [-0.25, -0.2) is 0 Å². The molecule has 1 aromatic carbocycles. The molecule has 106 valence electrons. The molecule has 19 heavy (non-hydrogen) atoms. The third-order valence-corrected chi connectivity index (χ3v) is 2.90. The highest BCUT2D eigenvalue weighted by Crippen LogP contribution is 2.13. The molecule has 0 aliphatic rings. The van der Waals surface area contributed by atoms with E-state index in [0.717, 1.165) is 37.3 Å². The highest BCUT2D eigenvalue weighted by molar-refractivity contribution is 7.80. The summed E-state index contributed by atoms with van der Waals surface area (Å²) < 4.78 is 11.1. The SMILES string of the molecule is CCCOc1ccc(C(=S)OCCCN(C)C)cc1. The molecule has 0 amide bonds. The Hall–Kier alpha value is -1.13. The summed E-state index contributed by atoms with van der Waals surface area (Å²) in [6, 6.07) is 7.75. The molecule has 1 rings (SSSR count). The number of ether oxygens (including phenoxy) is 2. The third-order valence-electron chi connectivity index (χ3n) is 2.55. The lowest BCUT2D eigenvalue weighted by Gasteiger charge is -2.11. The number of benzene rings is 1. The first-order valence-electron chi connectivity index (χ1n) is 6.68. The van der Waals surface area contributed by atoms with Crippen molar-refractivity contribution in [3.63, 3.8) is 0 Å². The molecule has 0 radical (unpaired) electrons. The maximum Gasteiger partial charge on any atom is 0.191 e. The van der Waals surface area contributed by atoms with E-state index in [-0.39, 0.29) is 0 Å². The normalized spacial score (nSPS) is 10.5. The Bertz CT molecular complexity index is 376. The number of rotatable bonds is 8. The molecule has 0 unspecified atom stereocenters. The van der Waals surface area contributed by atoms with Crippen LogP contribution in [0.1, 0.15) is 25.3 Å². The van der Waals surface area contributed by atoms with E-state index >= 15 is 0 Å². The summed E-state index contributed by atoms with van der Waals surface area (Å²) in [5, 5.41) is 0.556. The molecule has 0 saturated carbocycles. The van der Waals surface area contributed by atoms with Crippen LogP contribution in [0.25, 0.3) is 0 Å². The summed E-state index contributed by atoms with van der Waals surface area (Å²) in [6.45, 7) is 4.49. The lowest BCUT2D eigenvalue weighted by Crippen LogP contribution is -2.16. The minimum Gasteiger partial charge on any atom is -0.494 e. The molecule has 0 N–H and O–H groups in total. The van der Waals surface area contributed by atoms with Crippen molar-refractivity contribution in [2.45, 2.75) is 19.8 Å². The largest absolute Gasteiger partial charge is 0.494 e. The van der Waals surface area contributed by atoms with Crippen LogP contribution in [0.5, 0.6) is 5.75 Å². The summed E-state index contributed by atoms with van der Waals surface area (Å²) in [4.78, 5) is 2.13. The fourth-order valence-corrected chi connectivity index (χ4v) is 1.76. The van der Waals surface area contributed by atoms with Crippen molar-refractivity contribution in [3.05, 3.63) is 29.8 Å². The second-order valence-corrected chi connectivity index (χ2v) is 5.04. The Balaban J connectivity index is 2.36. The molecule has 0 bridgehead atoms. The Morgan fingerprint density at radius 2 is 1.84 bits per heavy atom. The fourth-order valence-electron chi connectivity index (χ4n) is 1.54. The van der Waals surface area contributed by atoms with Crippen LogP contribution < -0.4 is 4.74 Å². The standard InChI is InChI=1S/C15H23NO2S/c1-4-11-17-14-8-6-13(7-9-14)15(19)18-12-5-10-16(2)3/h6-9H,4-5,10-12H2,1-3H3. The molecular formula is C15H23NO2S. The van der Waals surface area contributed by atoms with Gasteiger partial charge in [-0.3, -0.25) is 0 Å². The van der Waals surface area contributed by atoms with Crippen LogP contribution in [-0.2, 0) is 4.74 Å². The molecule has 0 aromatic heterocycles. The van der Waals surface area contributed by atoms with Gasteiger partial charge in [0.05, 0.1) is 13.2 Å². The van der Waals surface area contributed by atoms with Crippen LogP contribution in [0.2, 0.25) is 0 Å². The molecule has 0 fully saturated rings. The molecule has 0 saturated heterocycles. The molecule has 0 spiro atoms. The van der Waals surface area contributed by atoms with E-state index in [9.17, 15) is 0 Å². The lowest BCUT2D eigenvalue weighted by atomic mass is 10.2. The summed E-state index contributed by atoms with van der Waals surface area (Å²) in [5.41, 5.74) is 0.934. The molecular weight excluding hydrogens is 258 g/mol. The molecule has 0 aliphatic carbocycles. The fraction of sp³-hybridized carbons (Fsp3) is 0.533. The van der Waals surface area contributed by atoms with Crippen molar-refractivity contribution in [3.8, 4) is 5.75 Å². The van der Waals surface area contributed by atoms with Crippen LogP contribution in [0.4, 0.5) is 0 Å². The monoisotopic (exact) mass is 281 g/mol. The minimum atomic E-state index is 0.556. The quantitative estimate of drug-likeness (QED) is 0.539. The van der Waals surface area contributed by atoms with Gasteiger partial charge < -0.3 is 14.4 Å².